The Morgan fingerprint density at radius 1 is 0.773 bits per heavy atom. The summed E-state index contributed by atoms with van der Waals surface area (Å²) in [5.74, 6) is 0. The molecule has 0 N–H and O–H groups in total. The fraction of sp³-hybridized carbons (Fsp3) is 0.368. The lowest BCUT2D eigenvalue weighted by Gasteiger charge is -2.39. The molecule has 1 saturated heterocycles. The second-order valence-electron chi connectivity index (χ2n) is 5.81. The van der Waals surface area contributed by atoms with Crippen LogP contribution in [0.2, 0.25) is 0 Å². The molecule has 0 bridgehead atoms. The van der Waals surface area contributed by atoms with Crippen molar-refractivity contribution in [2.75, 3.05) is 39.3 Å². The molecular formula is C19H23N2O. The predicted octanol–water partition coefficient (Wildman–Crippen LogP) is 2.82. The largest absolute Gasteiger partial charge is 0.298 e. The average Bonchev–Trinajstić information content (AvgIpc) is 2.59. The van der Waals surface area contributed by atoms with Crippen LogP contribution in [0.3, 0.4) is 0 Å². The number of hydrogen-bond acceptors (Lipinski definition) is 2. The Bertz CT molecular complexity index is 511. The van der Waals surface area contributed by atoms with Crippen LogP contribution >= 0.6 is 0 Å². The van der Waals surface area contributed by atoms with Gasteiger partial charge in [0.05, 0.1) is 12.6 Å². The molecule has 0 aromatic heterocycles. The molecule has 0 saturated carbocycles. The van der Waals surface area contributed by atoms with E-state index in [-0.39, 0.29) is 6.61 Å². The molecule has 2 aromatic rings. The van der Waals surface area contributed by atoms with Crippen LogP contribution < -0.4 is 0 Å². The monoisotopic (exact) mass is 295 g/mol. The Labute approximate surface area is 132 Å². The molecule has 3 nitrogen and oxygen atoms in total. The quantitative estimate of drug-likeness (QED) is 0.848. The highest BCUT2D eigenvalue weighted by Gasteiger charge is 2.25. The van der Waals surface area contributed by atoms with E-state index in [1.165, 1.54) is 11.1 Å². The van der Waals surface area contributed by atoms with Gasteiger partial charge < -0.3 is 0 Å². The molecule has 22 heavy (non-hydrogen) atoms. The lowest BCUT2D eigenvalue weighted by atomic mass is 9.96. The zero-order valence-corrected chi connectivity index (χ0v) is 12.9. The maximum atomic E-state index is 10.8. The van der Waals surface area contributed by atoms with Gasteiger partial charge in [-0.3, -0.25) is 9.80 Å². The van der Waals surface area contributed by atoms with Crippen LogP contribution in [-0.4, -0.2) is 49.1 Å². The van der Waals surface area contributed by atoms with Crippen molar-refractivity contribution in [3.63, 3.8) is 0 Å². The molecular weight excluding hydrogens is 272 g/mol. The van der Waals surface area contributed by atoms with Crippen LogP contribution in [0.4, 0.5) is 0 Å². The van der Waals surface area contributed by atoms with Crippen molar-refractivity contribution in [2.45, 2.75) is 6.04 Å². The second-order valence-corrected chi connectivity index (χ2v) is 5.81. The maximum absolute atomic E-state index is 10.8. The van der Waals surface area contributed by atoms with Gasteiger partial charge in [-0.25, -0.2) is 5.11 Å². The van der Waals surface area contributed by atoms with Gasteiger partial charge in [0.2, 0.25) is 0 Å². The highest BCUT2D eigenvalue weighted by molar-refractivity contribution is 5.31. The Kier molecular flexibility index (Phi) is 5.22. The summed E-state index contributed by atoms with van der Waals surface area (Å²) in [5, 5.41) is 10.8. The van der Waals surface area contributed by atoms with Crippen LogP contribution in [-0.2, 0) is 5.11 Å². The van der Waals surface area contributed by atoms with Gasteiger partial charge >= 0.3 is 0 Å². The highest BCUT2D eigenvalue weighted by atomic mass is 16.3. The fourth-order valence-electron chi connectivity index (χ4n) is 3.26. The van der Waals surface area contributed by atoms with Gasteiger partial charge in [-0.15, -0.1) is 0 Å². The molecule has 3 heteroatoms. The molecule has 1 heterocycles. The van der Waals surface area contributed by atoms with Crippen molar-refractivity contribution in [1.29, 1.82) is 0 Å². The summed E-state index contributed by atoms with van der Waals surface area (Å²) in [6, 6.07) is 21.7. The summed E-state index contributed by atoms with van der Waals surface area (Å²) >= 11 is 0. The zero-order chi connectivity index (χ0) is 15.2. The van der Waals surface area contributed by atoms with E-state index in [2.05, 4.69) is 70.5 Å². The zero-order valence-electron chi connectivity index (χ0n) is 12.9. The molecule has 1 aliphatic rings. The summed E-state index contributed by atoms with van der Waals surface area (Å²) in [5.41, 5.74) is 2.68. The summed E-state index contributed by atoms with van der Waals surface area (Å²) in [6.07, 6.45) is 0. The van der Waals surface area contributed by atoms with Gasteiger partial charge in [-0.05, 0) is 11.1 Å². The lowest BCUT2D eigenvalue weighted by Crippen LogP contribution is -2.48. The summed E-state index contributed by atoms with van der Waals surface area (Å²) < 4.78 is 0. The standard InChI is InChI=1S/C19H23N2O/c22-16-15-20-11-13-21(14-12-20)19(17-7-3-1-4-8-17)18-9-5-2-6-10-18/h1-10,19H,11-16H2. The van der Waals surface area contributed by atoms with Crippen LogP contribution in [0.25, 0.3) is 0 Å². The van der Waals surface area contributed by atoms with E-state index in [1.54, 1.807) is 0 Å². The number of rotatable bonds is 5. The molecule has 1 fully saturated rings. The molecule has 0 amide bonds. The van der Waals surface area contributed by atoms with Crippen molar-refractivity contribution in [2.24, 2.45) is 0 Å². The third kappa shape index (κ3) is 3.55. The smallest absolute Gasteiger partial charge is 0.0949 e. The molecule has 3 rings (SSSR count). The molecule has 0 atom stereocenters. The van der Waals surface area contributed by atoms with Gasteiger partial charge in [0, 0.05) is 32.7 Å². The van der Waals surface area contributed by atoms with Crippen molar-refractivity contribution in [1.82, 2.24) is 9.80 Å². The first-order valence-electron chi connectivity index (χ1n) is 8.03. The molecule has 115 valence electrons. The minimum absolute atomic E-state index is 0.000793. The van der Waals surface area contributed by atoms with E-state index in [1.807, 2.05) is 0 Å². The minimum Gasteiger partial charge on any atom is -0.298 e. The van der Waals surface area contributed by atoms with Crippen LogP contribution in [0, 0.1) is 0 Å². The van der Waals surface area contributed by atoms with Gasteiger partial charge in [0.1, 0.15) is 0 Å². The maximum Gasteiger partial charge on any atom is 0.0949 e. The van der Waals surface area contributed by atoms with Gasteiger partial charge in [0.25, 0.3) is 0 Å². The van der Waals surface area contributed by atoms with Gasteiger partial charge in [0.15, 0.2) is 0 Å². The molecule has 2 aromatic carbocycles. The highest BCUT2D eigenvalue weighted by Crippen LogP contribution is 2.29. The van der Waals surface area contributed by atoms with Crippen LogP contribution in [0.5, 0.6) is 0 Å². The van der Waals surface area contributed by atoms with Gasteiger partial charge in [-0.1, -0.05) is 60.7 Å². The number of benzene rings is 2. The van der Waals surface area contributed by atoms with Crippen LogP contribution in [0.1, 0.15) is 17.2 Å². The topological polar surface area (TPSA) is 26.4 Å². The number of nitrogens with zero attached hydrogens (tertiary/aromatic N) is 2. The van der Waals surface area contributed by atoms with E-state index < -0.39 is 0 Å². The predicted molar refractivity (Wildman–Crippen MR) is 88.3 cm³/mol. The molecule has 1 aliphatic heterocycles. The van der Waals surface area contributed by atoms with E-state index in [0.29, 0.717) is 12.6 Å². The van der Waals surface area contributed by atoms with E-state index in [9.17, 15) is 5.11 Å². The number of hydrogen-bond donors (Lipinski definition) is 0. The number of piperazine rings is 1. The summed E-state index contributed by atoms with van der Waals surface area (Å²) in [4.78, 5) is 4.81. The summed E-state index contributed by atoms with van der Waals surface area (Å²) in [7, 11) is 0. The SMILES string of the molecule is [O]CCN1CCN(C(c2ccccc2)c2ccccc2)CC1. The summed E-state index contributed by atoms with van der Waals surface area (Å²) in [6.45, 7) is 4.66. The van der Waals surface area contributed by atoms with E-state index >= 15 is 0 Å². The third-order valence-corrected chi connectivity index (χ3v) is 4.41. The third-order valence-electron chi connectivity index (χ3n) is 4.41. The average molecular weight is 295 g/mol. The molecule has 0 aliphatic carbocycles. The molecule has 1 radical (unpaired) electrons. The first-order chi connectivity index (χ1) is 10.9. The van der Waals surface area contributed by atoms with Gasteiger partial charge in [-0.2, -0.15) is 0 Å². The Hall–Kier alpha value is -1.68. The molecule has 0 unspecified atom stereocenters. The first-order valence-corrected chi connectivity index (χ1v) is 8.03. The Morgan fingerprint density at radius 3 is 1.73 bits per heavy atom. The van der Waals surface area contributed by atoms with Crippen molar-refractivity contribution < 1.29 is 5.11 Å². The van der Waals surface area contributed by atoms with Crippen LogP contribution in [0.15, 0.2) is 60.7 Å². The van der Waals surface area contributed by atoms with Crippen molar-refractivity contribution in [3.05, 3.63) is 71.8 Å². The van der Waals surface area contributed by atoms with E-state index in [0.717, 1.165) is 26.2 Å². The van der Waals surface area contributed by atoms with Crippen molar-refractivity contribution in [3.8, 4) is 0 Å². The van der Waals surface area contributed by atoms with Crippen molar-refractivity contribution >= 4 is 0 Å². The Morgan fingerprint density at radius 2 is 1.27 bits per heavy atom. The minimum atomic E-state index is 0.000793. The Balaban J connectivity index is 1.81. The fourth-order valence-corrected chi connectivity index (χ4v) is 3.26. The van der Waals surface area contributed by atoms with E-state index in [4.69, 9.17) is 0 Å². The first kappa shape index (κ1) is 15.2. The normalized spacial score (nSPS) is 17.0. The lowest BCUT2D eigenvalue weighted by molar-refractivity contribution is 0.0793. The molecule has 0 spiro atoms. The second kappa shape index (κ2) is 7.54.